The fourth-order valence-electron chi connectivity index (χ4n) is 5.41. The van der Waals surface area contributed by atoms with Gasteiger partial charge in [-0.2, -0.15) is 0 Å². The minimum absolute atomic E-state index is 0.157. The Morgan fingerprint density at radius 1 is 0.636 bits per heavy atom. The third-order valence-electron chi connectivity index (χ3n) is 7.53. The molecule has 0 atom stereocenters. The lowest BCUT2D eigenvalue weighted by atomic mass is 9.77. The van der Waals surface area contributed by atoms with E-state index in [1.165, 1.54) is 71.9 Å². The highest BCUT2D eigenvalue weighted by atomic mass is 19.1. The molecular formula is C32H39F. The second-order valence-electron chi connectivity index (χ2n) is 9.93. The van der Waals surface area contributed by atoms with Gasteiger partial charge in [-0.25, -0.2) is 0 Å². The van der Waals surface area contributed by atoms with Crippen molar-refractivity contribution in [3.05, 3.63) is 95.1 Å². The van der Waals surface area contributed by atoms with E-state index < -0.39 is 0 Å². The third kappa shape index (κ3) is 6.79. The van der Waals surface area contributed by atoms with Crippen molar-refractivity contribution in [2.45, 2.75) is 77.0 Å². The van der Waals surface area contributed by atoms with Gasteiger partial charge < -0.3 is 0 Å². The Bertz CT molecular complexity index is 945. The van der Waals surface area contributed by atoms with Gasteiger partial charge in [0.25, 0.3) is 0 Å². The summed E-state index contributed by atoms with van der Waals surface area (Å²) in [5, 5.41) is 0. The van der Waals surface area contributed by atoms with Gasteiger partial charge in [0, 0.05) is 0 Å². The van der Waals surface area contributed by atoms with Crippen molar-refractivity contribution in [2.75, 3.05) is 6.67 Å². The Labute approximate surface area is 200 Å². The highest BCUT2D eigenvalue weighted by molar-refractivity contribution is 5.64. The molecule has 3 aromatic carbocycles. The van der Waals surface area contributed by atoms with Gasteiger partial charge in [-0.05, 0) is 103 Å². The predicted octanol–water partition coefficient (Wildman–Crippen LogP) is 9.11. The molecule has 174 valence electrons. The van der Waals surface area contributed by atoms with Crippen LogP contribution in [-0.2, 0) is 19.3 Å². The molecule has 0 amide bonds. The Kier molecular flexibility index (Phi) is 8.75. The molecule has 0 unspecified atom stereocenters. The van der Waals surface area contributed by atoms with E-state index in [1.54, 1.807) is 0 Å². The minimum atomic E-state index is -0.157. The fraction of sp³-hybridized carbons (Fsp3) is 0.438. The number of halogens is 1. The lowest BCUT2D eigenvalue weighted by Gasteiger charge is -2.28. The molecule has 0 saturated heterocycles. The molecule has 1 aliphatic carbocycles. The van der Waals surface area contributed by atoms with E-state index in [2.05, 4.69) is 79.7 Å². The molecule has 3 aromatic rings. The standard InChI is InChI=1S/C32H39F/c1-2-4-25-6-8-27(9-7-25)10-11-28-14-18-30(19-15-28)32-22-20-31(21-23-32)29-16-12-26(13-17-29)5-3-24-33/h6-9,14-15,18-23,26,29H,2-5,10-13,16-17,24H2,1H3/t26-,29-. The molecule has 4 rings (SSSR count). The zero-order valence-corrected chi connectivity index (χ0v) is 20.2. The van der Waals surface area contributed by atoms with Gasteiger partial charge >= 0.3 is 0 Å². The van der Waals surface area contributed by atoms with Crippen molar-refractivity contribution < 1.29 is 4.39 Å². The first-order valence-corrected chi connectivity index (χ1v) is 13.1. The van der Waals surface area contributed by atoms with Gasteiger partial charge in [0.1, 0.15) is 0 Å². The van der Waals surface area contributed by atoms with E-state index in [0.29, 0.717) is 5.92 Å². The van der Waals surface area contributed by atoms with Crippen LogP contribution in [0.25, 0.3) is 11.1 Å². The predicted molar refractivity (Wildman–Crippen MR) is 140 cm³/mol. The number of benzene rings is 3. The van der Waals surface area contributed by atoms with Crippen molar-refractivity contribution in [1.29, 1.82) is 0 Å². The van der Waals surface area contributed by atoms with Crippen LogP contribution in [0.3, 0.4) is 0 Å². The van der Waals surface area contributed by atoms with Crippen molar-refractivity contribution in [3.8, 4) is 11.1 Å². The normalized spacial score (nSPS) is 18.4. The van der Waals surface area contributed by atoms with E-state index in [-0.39, 0.29) is 6.67 Å². The number of rotatable bonds is 10. The number of alkyl halides is 1. The van der Waals surface area contributed by atoms with E-state index in [0.717, 1.165) is 31.6 Å². The summed E-state index contributed by atoms with van der Waals surface area (Å²) in [6.07, 6.45) is 11.4. The summed E-state index contributed by atoms with van der Waals surface area (Å²) in [5.41, 5.74) is 8.34. The molecule has 1 fully saturated rings. The van der Waals surface area contributed by atoms with E-state index in [9.17, 15) is 4.39 Å². The first-order valence-electron chi connectivity index (χ1n) is 13.1. The smallest absolute Gasteiger partial charge is 0.0894 e. The van der Waals surface area contributed by atoms with Crippen LogP contribution in [0.2, 0.25) is 0 Å². The molecule has 0 radical (unpaired) electrons. The molecule has 1 heteroatoms. The van der Waals surface area contributed by atoms with Crippen LogP contribution in [-0.4, -0.2) is 6.67 Å². The summed E-state index contributed by atoms with van der Waals surface area (Å²) in [4.78, 5) is 0. The van der Waals surface area contributed by atoms with Crippen LogP contribution in [0.15, 0.2) is 72.8 Å². The maximum Gasteiger partial charge on any atom is 0.0894 e. The van der Waals surface area contributed by atoms with Gasteiger partial charge in [0.15, 0.2) is 0 Å². The molecule has 1 aliphatic rings. The summed E-state index contributed by atoms with van der Waals surface area (Å²) in [6.45, 7) is 2.07. The van der Waals surface area contributed by atoms with Crippen LogP contribution in [0.4, 0.5) is 4.39 Å². The van der Waals surface area contributed by atoms with Crippen molar-refractivity contribution >= 4 is 0 Å². The van der Waals surface area contributed by atoms with E-state index >= 15 is 0 Å². The zero-order chi connectivity index (χ0) is 22.9. The molecule has 0 bridgehead atoms. The maximum atomic E-state index is 12.4. The highest BCUT2D eigenvalue weighted by Gasteiger charge is 2.22. The largest absolute Gasteiger partial charge is 0.251 e. The second kappa shape index (κ2) is 12.2. The van der Waals surface area contributed by atoms with Gasteiger partial charge in [0.2, 0.25) is 0 Å². The van der Waals surface area contributed by atoms with Crippen molar-refractivity contribution in [1.82, 2.24) is 0 Å². The first-order chi connectivity index (χ1) is 16.2. The quantitative estimate of drug-likeness (QED) is 0.294. The Hall–Kier alpha value is -2.41. The number of aryl methyl sites for hydroxylation is 3. The third-order valence-corrected chi connectivity index (χ3v) is 7.53. The molecule has 33 heavy (non-hydrogen) atoms. The van der Waals surface area contributed by atoms with E-state index in [1.807, 2.05) is 0 Å². The average Bonchev–Trinajstić information content (AvgIpc) is 2.88. The number of hydrogen-bond acceptors (Lipinski definition) is 0. The molecule has 0 aliphatic heterocycles. The summed E-state index contributed by atoms with van der Waals surface area (Å²) >= 11 is 0. The van der Waals surface area contributed by atoms with Crippen LogP contribution < -0.4 is 0 Å². The summed E-state index contributed by atoms with van der Waals surface area (Å²) in [6, 6.07) is 27.5. The summed E-state index contributed by atoms with van der Waals surface area (Å²) in [7, 11) is 0. The maximum absolute atomic E-state index is 12.4. The zero-order valence-electron chi connectivity index (χ0n) is 20.2. The molecule has 0 N–H and O–H groups in total. The van der Waals surface area contributed by atoms with Crippen LogP contribution in [0.5, 0.6) is 0 Å². The van der Waals surface area contributed by atoms with Crippen LogP contribution in [0.1, 0.15) is 80.0 Å². The van der Waals surface area contributed by atoms with Gasteiger partial charge in [0.05, 0.1) is 6.67 Å². The average molecular weight is 443 g/mol. The molecule has 0 aromatic heterocycles. The lowest BCUT2D eigenvalue weighted by Crippen LogP contribution is -2.13. The van der Waals surface area contributed by atoms with Crippen molar-refractivity contribution in [3.63, 3.8) is 0 Å². The number of hydrogen-bond donors (Lipinski definition) is 0. The monoisotopic (exact) mass is 442 g/mol. The molecule has 0 nitrogen and oxygen atoms in total. The molecule has 0 spiro atoms. The lowest BCUT2D eigenvalue weighted by molar-refractivity contribution is 0.293. The minimum Gasteiger partial charge on any atom is -0.251 e. The molecular weight excluding hydrogens is 403 g/mol. The SMILES string of the molecule is CCCc1ccc(CCc2ccc(-c3ccc([C@H]4CC[C@H](CCCF)CC4)cc3)cc2)cc1. The first kappa shape index (κ1) is 23.7. The second-order valence-corrected chi connectivity index (χ2v) is 9.93. The van der Waals surface area contributed by atoms with Crippen LogP contribution >= 0.6 is 0 Å². The van der Waals surface area contributed by atoms with Crippen LogP contribution in [0, 0.1) is 5.92 Å². The fourth-order valence-corrected chi connectivity index (χ4v) is 5.41. The summed E-state index contributed by atoms with van der Waals surface area (Å²) in [5.74, 6) is 1.43. The Morgan fingerprint density at radius 3 is 1.64 bits per heavy atom. The summed E-state index contributed by atoms with van der Waals surface area (Å²) < 4.78 is 12.4. The van der Waals surface area contributed by atoms with E-state index in [4.69, 9.17) is 0 Å². The van der Waals surface area contributed by atoms with Gasteiger partial charge in [-0.3, -0.25) is 4.39 Å². The Balaban J connectivity index is 1.29. The molecule has 0 heterocycles. The topological polar surface area (TPSA) is 0 Å². The van der Waals surface area contributed by atoms with Gasteiger partial charge in [-0.15, -0.1) is 0 Å². The highest BCUT2D eigenvalue weighted by Crippen LogP contribution is 2.38. The van der Waals surface area contributed by atoms with Crippen molar-refractivity contribution in [2.24, 2.45) is 5.92 Å². The Morgan fingerprint density at radius 2 is 1.12 bits per heavy atom. The molecule has 1 saturated carbocycles. The van der Waals surface area contributed by atoms with Gasteiger partial charge in [-0.1, -0.05) is 86.1 Å².